The lowest BCUT2D eigenvalue weighted by molar-refractivity contribution is 0.132. The molecular weight excluding hydrogens is 232 g/mol. The summed E-state index contributed by atoms with van der Waals surface area (Å²) in [4.78, 5) is 0. The third-order valence-electron chi connectivity index (χ3n) is 3.77. The number of benzene rings is 1. The second-order valence-corrected chi connectivity index (χ2v) is 5.09. The Morgan fingerprint density at radius 2 is 1.72 bits per heavy atom. The highest BCUT2D eigenvalue weighted by molar-refractivity contribution is 5.19. The van der Waals surface area contributed by atoms with Gasteiger partial charge in [0.15, 0.2) is 0 Å². The average molecular weight is 253 g/mol. The van der Waals surface area contributed by atoms with Crippen molar-refractivity contribution in [1.29, 1.82) is 0 Å². The maximum Gasteiger partial charge on any atom is 0.250 e. The minimum Gasteiger partial charge on any atom is -0.304 e. The van der Waals surface area contributed by atoms with Gasteiger partial charge in [0.1, 0.15) is 0 Å². The summed E-state index contributed by atoms with van der Waals surface area (Å²) in [7, 11) is 0. The highest BCUT2D eigenvalue weighted by Crippen LogP contribution is 2.34. The molecule has 1 aliphatic rings. The fraction of sp³-hybridized carbons (Fsp3) is 0.600. The Labute approximate surface area is 108 Å². The minimum atomic E-state index is -2.28. The maximum atomic E-state index is 12.4. The third-order valence-corrected chi connectivity index (χ3v) is 3.77. The van der Waals surface area contributed by atoms with Gasteiger partial charge < -0.3 is 5.32 Å². The van der Waals surface area contributed by atoms with E-state index in [1.807, 2.05) is 30.3 Å². The second-order valence-electron chi connectivity index (χ2n) is 5.09. The number of halogens is 2. The molecule has 100 valence electrons. The molecule has 18 heavy (non-hydrogen) atoms. The van der Waals surface area contributed by atoms with Crippen molar-refractivity contribution in [1.82, 2.24) is 5.32 Å². The zero-order valence-electron chi connectivity index (χ0n) is 10.6. The molecule has 0 bridgehead atoms. The molecule has 1 aliphatic carbocycles. The van der Waals surface area contributed by atoms with E-state index in [-0.39, 0.29) is 12.6 Å². The lowest BCUT2D eigenvalue weighted by Crippen LogP contribution is -2.32. The monoisotopic (exact) mass is 253 g/mol. The van der Waals surface area contributed by atoms with E-state index in [4.69, 9.17) is 0 Å². The molecule has 3 heteroatoms. The van der Waals surface area contributed by atoms with Gasteiger partial charge in [0.05, 0.1) is 6.54 Å². The Kier molecular flexibility index (Phi) is 5.12. The third kappa shape index (κ3) is 3.77. The van der Waals surface area contributed by atoms with Crippen molar-refractivity contribution in [2.75, 3.05) is 6.54 Å². The van der Waals surface area contributed by atoms with Crippen LogP contribution in [0.1, 0.15) is 43.7 Å². The van der Waals surface area contributed by atoms with Gasteiger partial charge in [-0.25, -0.2) is 8.78 Å². The first-order valence-electron chi connectivity index (χ1n) is 6.84. The molecule has 1 N–H and O–H groups in total. The van der Waals surface area contributed by atoms with E-state index >= 15 is 0 Å². The molecule has 1 fully saturated rings. The molecule has 0 amide bonds. The van der Waals surface area contributed by atoms with Crippen molar-refractivity contribution >= 4 is 0 Å². The standard InChI is InChI=1S/C15H21F2N/c16-14(17)11-18-15(12-7-3-1-4-8-12)13-9-5-2-6-10-13/h1,3-4,7-8,13-15,18H,2,5-6,9-11H2. The number of rotatable bonds is 5. The summed E-state index contributed by atoms with van der Waals surface area (Å²) in [6, 6.07) is 10.1. The molecule has 1 aromatic rings. The lowest BCUT2D eigenvalue weighted by Gasteiger charge is -2.31. The van der Waals surface area contributed by atoms with E-state index in [1.54, 1.807) is 0 Å². The molecule has 0 spiro atoms. The molecule has 1 saturated carbocycles. The maximum absolute atomic E-state index is 12.4. The van der Waals surface area contributed by atoms with E-state index in [9.17, 15) is 8.78 Å². The highest BCUT2D eigenvalue weighted by atomic mass is 19.3. The summed E-state index contributed by atoms with van der Waals surface area (Å²) in [6.07, 6.45) is 3.76. The van der Waals surface area contributed by atoms with Crippen molar-refractivity contribution in [3.05, 3.63) is 35.9 Å². The average Bonchev–Trinajstić information content (AvgIpc) is 2.41. The predicted octanol–water partition coefficient (Wildman–Crippen LogP) is 4.16. The minimum absolute atomic E-state index is 0.0838. The van der Waals surface area contributed by atoms with E-state index in [1.165, 1.54) is 19.3 Å². The van der Waals surface area contributed by atoms with Crippen LogP contribution in [0.2, 0.25) is 0 Å². The quantitative estimate of drug-likeness (QED) is 0.830. The van der Waals surface area contributed by atoms with Gasteiger partial charge in [-0.2, -0.15) is 0 Å². The van der Waals surface area contributed by atoms with E-state index < -0.39 is 6.43 Å². The zero-order valence-corrected chi connectivity index (χ0v) is 10.6. The molecule has 1 aromatic carbocycles. The van der Waals surface area contributed by atoms with Crippen LogP contribution in [0.3, 0.4) is 0 Å². The molecule has 0 heterocycles. The first-order valence-corrected chi connectivity index (χ1v) is 6.84. The topological polar surface area (TPSA) is 12.0 Å². The summed E-state index contributed by atoms with van der Waals surface area (Å²) < 4.78 is 24.8. The lowest BCUT2D eigenvalue weighted by atomic mass is 9.81. The van der Waals surface area contributed by atoms with Crippen molar-refractivity contribution in [3.8, 4) is 0 Å². The van der Waals surface area contributed by atoms with Gasteiger partial charge in [-0.05, 0) is 24.3 Å². The van der Waals surface area contributed by atoms with Crippen LogP contribution < -0.4 is 5.32 Å². The largest absolute Gasteiger partial charge is 0.304 e. The van der Waals surface area contributed by atoms with E-state index in [0.717, 1.165) is 18.4 Å². The zero-order chi connectivity index (χ0) is 12.8. The Morgan fingerprint density at radius 3 is 2.33 bits per heavy atom. The van der Waals surface area contributed by atoms with Crippen LogP contribution in [0.15, 0.2) is 30.3 Å². The molecule has 0 aromatic heterocycles. The van der Waals surface area contributed by atoms with Gasteiger partial charge in [-0.1, -0.05) is 49.6 Å². The van der Waals surface area contributed by atoms with Gasteiger partial charge in [-0.15, -0.1) is 0 Å². The highest BCUT2D eigenvalue weighted by Gasteiger charge is 2.25. The van der Waals surface area contributed by atoms with Crippen molar-refractivity contribution in [3.63, 3.8) is 0 Å². The van der Waals surface area contributed by atoms with Crippen LogP contribution in [-0.2, 0) is 0 Å². The molecule has 1 atom stereocenters. The van der Waals surface area contributed by atoms with Crippen LogP contribution in [-0.4, -0.2) is 13.0 Å². The molecule has 0 radical (unpaired) electrons. The van der Waals surface area contributed by atoms with Gasteiger partial charge >= 0.3 is 0 Å². The Morgan fingerprint density at radius 1 is 1.06 bits per heavy atom. The Hall–Kier alpha value is -0.960. The normalized spacial score (nSPS) is 19.1. The van der Waals surface area contributed by atoms with Crippen LogP contribution >= 0.6 is 0 Å². The molecular formula is C15H21F2N. The summed E-state index contributed by atoms with van der Waals surface area (Å²) in [6.45, 7) is -0.212. The van der Waals surface area contributed by atoms with Crippen molar-refractivity contribution in [2.24, 2.45) is 5.92 Å². The van der Waals surface area contributed by atoms with Crippen LogP contribution in [0.5, 0.6) is 0 Å². The molecule has 0 saturated heterocycles. The fourth-order valence-corrected chi connectivity index (χ4v) is 2.90. The van der Waals surface area contributed by atoms with Gasteiger partial charge in [0.25, 0.3) is 6.43 Å². The van der Waals surface area contributed by atoms with E-state index in [0.29, 0.717) is 5.92 Å². The van der Waals surface area contributed by atoms with Crippen molar-refractivity contribution in [2.45, 2.75) is 44.6 Å². The molecule has 2 rings (SSSR count). The first kappa shape index (κ1) is 13.5. The molecule has 1 nitrogen and oxygen atoms in total. The SMILES string of the molecule is FC(F)CNC(c1ccccc1)C1CCCCC1. The van der Waals surface area contributed by atoms with Gasteiger partial charge in [-0.3, -0.25) is 0 Å². The number of alkyl halides is 2. The summed E-state index contributed by atoms with van der Waals surface area (Å²) >= 11 is 0. The fourth-order valence-electron chi connectivity index (χ4n) is 2.90. The second kappa shape index (κ2) is 6.83. The van der Waals surface area contributed by atoms with Crippen molar-refractivity contribution < 1.29 is 8.78 Å². The van der Waals surface area contributed by atoms with Gasteiger partial charge in [0.2, 0.25) is 0 Å². The summed E-state index contributed by atoms with van der Waals surface area (Å²) in [5.41, 5.74) is 1.14. The first-order chi connectivity index (χ1) is 8.77. The molecule has 1 unspecified atom stereocenters. The Balaban J connectivity index is 2.06. The van der Waals surface area contributed by atoms with Crippen LogP contribution in [0.25, 0.3) is 0 Å². The van der Waals surface area contributed by atoms with Crippen LogP contribution in [0, 0.1) is 5.92 Å². The smallest absolute Gasteiger partial charge is 0.250 e. The predicted molar refractivity (Wildman–Crippen MR) is 69.8 cm³/mol. The summed E-state index contributed by atoms with van der Waals surface area (Å²) in [5, 5.41) is 3.06. The van der Waals surface area contributed by atoms with E-state index in [2.05, 4.69) is 5.32 Å². The summed E-state index contributed by atoms with van der Waals surface area (Å²) in [5.74, 6) is 0.500. The molecule has 0 aliphatic heterocycles. The number of hydrogen-bond donors (Lipinski definition) is 1. The van der Waals surface area contributed by atoms with Crippen LogP contribution in [0.4, 0.5) is 8.78 Å². The number of hydrogen-bond acceptors (Lipinski definition) is 1. The Bertz CT molecular complexity index is 334. The van der Waals surface area contributed by atoms with Gasteiger partial charge in [0, 0.05) is 6.04 Å². The number of nitrogens with one attached hydrogen (secondary N) is 1.